The predicted molar refractivity (Wildman–Crippen MR) is 68.0 cm³/mol. The lowest BCUT2D eigenvalue weighted by Crippen LogP contribution is -1.99. The molecule has 96 valence electrons. The fraction of sp³-hybridized carbons (Fsp3) is 0.385. The number of benzene rings is 1. The Morgan fingerprint density at radius 2 is 2.11 bits per heavy atom. The maximum absolute atomic E-state index is 13.3. The van der Waals surface area contributed by atoms with Crippen molar-refractivity contribution in [2.75, 3.05) is 6.54 Å². The Morgan fingerprint density at radius 1 is 1.28 bits per heavy atom. The monoisotopic (exact) mass is 248 g/mol. The minimum Gasteiger partial charge on any atom is -0.330 e. The van der Waals surface area contributed by atoms with Crippen LogP contribution in [0.1, 0.15) is 24.1 Å². The van der Waals surface area contributed by atoms with Gasteiger partial charge in [-0.2, -0.15) is 0 Å². The van der Waals surface area contributed by atoms with Crippen LogP contribution in [0.3, 0.4) is 0 Å². The number of hydrogen-bond donors (Lipinski definition) is 1. The van der Waals surface area contributed by atoms with Gasteiger partial charge in [0.1, 0.15) is 5.82 Å². The second kappa shape index (κ2) is 5.73. The number of aryl methyl sites for hydroxylation is 2. The van der Waals surface area contributed by atoms with E-state index in [-0.39, 0.29) is 5.82 Å². The summed E-state index contributed by atoms with van der Waals surface area (Å²) in [6.07, 6.45) is 4.67. The molecular weight excluding hydrogens is 231 g/mol. The van der Waals surface area contributed by atoms with Crippen molar-refractivity contribution in [2.24, 2.45) is 5.73 Å². The van der Waals surface area contributed by atoms with Crippen LogP contribution in [0.4, 0.5) is 4.39 Å². The van der Waals surface area contributed by atoms with Gasteiger partial charge in [-0.1, -0.05) is 5.21 Å². The first-order valence-electron chi connectivity index (χ1n) is 6.08. The maximum Gasteiger partial charge on any atom is 0.125 e. The molecule has 0 fully saturated rings. The van der Waals surface area contributed by atoms with E-state index in [1.165, 1.54) is 12.1 Å². The standard InChI is InChI=1S/C13H17FN4/c1-10-6-11(14)8-13(7-10)18-9-12(16-17-18)4-2-3-5-15/h6-9H,2-5,15H2,1H3. The second-order valence-corrected chi connectivity index (χ2v) is 4.39. The van der Waals surface area contributed by atoms with Gasteiger partial charge in [-0.25, -0.2) is 9.07 Å². The van der Waals surface area contributed by atoms with E-state index in [0.717, 1.165) is 30.5 Å². The van der Waals surface area contributed by atoms with E-state index in [2.05, 4.69) is 10.3 Å². The average Bonchev–Trinajstić information content (AvgIpc) is 2.77. The van der Waals surface area contributed by atoms with Gasteiger partial charge in [0.2, 0.25) is 0 Å². The van der Waals surface area contributed by atoms with Crippen LogP contribution in [-0.2, 0) is 6.42 Å². The van der Waals surface area contributed by atoms with Crippen molar-refractivity contribution in [3.63, 3.8) is 0 Å². The van der Waals surface area contributed by atoms with E-state index in [4.69, 9.17) is 5.73 Å². The van der Waals surface area contributed by atoms with Crippen molar-refractivity contribution >= 4 is 0 Å². The molecule has 0 amide bonds. The molecule has 18 heavy (non-hydrogen) atoms. The van der Waals surface area contributed by atoms with Gasteiger partial charge in [0.05, 0.1) is 17.6 Å². The highest BCUT2D eigenvalue weighted by atomic mass is 19.1. The first-order valence-corrected chi connectivity index (χ1v) is 6.08. The highest BCUT2D eigenvalue weighted by Gasteiger charge is 2.04. The van der Waals surface area contributed by atoms with Crippen LogP contribution >= 0.6 is 0 Å². The van der Waals surface area contributed by atoms with Gasteiger partial charge in [-0.05, 0) is 56.5 Å². The molecule has 0 saturated heterocycles. The largest absolute Gasteiger partial charge is 0.330 e. The molecule has 2 aromatic rings. The first kappa shape index (κ1) is 12.7. The summed E-state index contributed by atoms with van der Waals surface area (Å²) in [5.41, 5.74) is 7.91. The van der Waals surface area contributed by atoms with E-state index in [1.54, 1.807) is 4.68 Å². The van der Waals surface area contributed by atoms with Crippen molar-refractivity contribution in [1.29, 1.82) is 0 Å². The number of nitrogens with zero attached hydrogens (tertiary/aromatic N) is 3. The zero-order valence-corrected chi connectivity index (χ0v) is 10.4. The van der Waals surface area contributed by atoms with Gasteiger partial charge in [-0.15, -0.1) is 5.10 Å². The number of nitrogens with two attached hydrogens (primary N) is 1. The molecule has 0 radical (unpaired) electrons. The van der Waals surface area contributed by atoms with E-state index < -0.39 is 0 Å². The van der Waals surface area contributed by atoms with Gasteiger partial charge < -0.3 is 5.73 Å². The van der Waals surface area contributed by atoms with Crippen LogP contribution in [0.2, 0.25) is 0 Å². The van der Waals surface area contributed by atoms with Crippen LogP contribution in [-0.4, -0.2) is 21.5 Å². The number of unbranched alkanes of at least 4 members (excludes halogenated alkanes) is 1. The third-order valence-electron chi connectivity index (χ3n) is 2.72. The minimum absolute atomic E-state index is 0.259. The minimum atomic E-state index is -0.259. The van der Waals surface area contributed by atoms with Crippen LogP contribution in [0, 0.1) is 12.7 Å². The molecule has 1 heterocycles. The van der Waals surface area contributed by atoms with Gasteiger partial charge >= 0.3 is 0 Å². The van der Waals surface area contributed by atoms with Crippen molar-refractivity contribution in [3.05, 3.63) is 41.5 Å². The molecule has 2 rings (SSSR count). The van der Waals surface area contributed by atoms with E-state index in [0.29, 0.717) is 12.2 Å². The third kappa shape index (κ3) is 3.13. The van der Waals surface area contributed by atoms with Crippen LogP contribution in [0.25, 0.3) is 5.69 Å². The molecule has 0 unspecified atom stereocenters. The first-order chi connectivity index (χ1) is 8.69. The molecule has 0 atom stereocenters. The number of halogens is 1. The van der Waals surface area contributed by atoms with Gasteiger partial charge in [0.25, 0.3) is 0 Å². The van der Waals surface area contributed by atoms with Gasteiger partial charge in [0.15, 0.2) is 0 Å². The lowest BCUT2D eigenvalue weighted by molar-refractivity contribution is 0.623. The molecule has 0 aliphatic heterocycles. The topological polar surface area (TPSA) is 56.7 Å². The summed E-state index contributed by atoms with van der Waals surface area (Å²) < 4.78 is 14.9. The molecule has 2 N–H and O–H groups in total. The average molecular weight is 248 g/mol. The number of rotatable bonds is 5. The Kier molecular flexibility index (Phi) is 4.04. The zero-order chi connectivity index (χ0) is 13.0. The molecule has 0 aliphatic carbocycles. The quantitative estimate of drug-likeness (QED) is 0.823. The third-order valence-corrected chi connectivity index (χ3v) is 2.72. The summed E-state index contributed by atoms with van der Waals surface area (Å²) in [7, 11) is 0. The van der Waals surface area contributed by atoms with Crippen molar-refractivity contribution in [1.82, 2.24) is 15.0 Å². The summed E-state index contributed by atoms with van der Waals surface area (Å²) in [5.74, 6) is -0.259. The normalized spacial score (nSPS) is 10.8. The summed E-state index contributed by atoms with van der Waals surface area (Å²) in [5, 5.41) is 8.09. The van der Waals surface area contributed by atoms with Crippen LogP contribution in [0.15, 0.2) is 24.4 Å². The molecule has 1 aromatic carbocycles. The number of aromatic nitrogens is 3. The molecule has 4 nitrogen and oxygen atoms in total. The second-order valence-electron chi connectivity index (χ2n) is 4.39. The summed E-state index contributed by atoms with van der Waals surface area (Å²) in [6.45, 7) is 2.54. The Labute approximate surface area is 106 Å². The fourth-order valence-electron chi connectivity index (χ4n) is 1.84. The maximum atomic E-state index is 13.3. The van der Waals surface area contributed by atoms with Crippen molar-refractivity contribution in [3.8, 4) is 5.69 Å². The predicted octanol–water partition coefficient (Wildman–Crippen LogP) is 2.00. The molecule has 5 heteroatoms. The van der Waals surface area contributed by atoms with Crippen LogP contribution < -0.4 is 5.73 Å². The Morgan fingerprint density at radius 3 is 2.83 bits per heavy atom. The Bertz CT molecular complexity index is 501. The Hall–Kier alpha value is -1.75. The van der Waals surface area contributed by atoms with E-state index in [1.807, 2.05) is 19.2 Å². The SMILES string of the molecule is Cc1cc(F)cc(-n2cc(CCCCN)nn2)c1. The fourth-order valence-corrected chi connectivity index (χ4v) is 1.84. The number of hydrogen-bond acceptors (Lipinski definition) is 3. The van der Waals surface area contributed by atoms with Gasteiger partial charge in [0, 0.05) is 0 Å². The molecule has 0 spiro atoms. The summed E-state index contributed by atoms with van der Waals surface area (Å²) in [6, 6.07) is 4.81. The highest BCUT2D eigenvalue weighted by molar-refractivity contribution is 5.35. The Balaban J connectivity index is 2.13. The highest BCUT2D eigenvalue weighted by Crippen LogP contribution is 2.13. The van der Waals surface area contributed by atoms with Crippen LogP contribution in [0.5, 0.6) is 0 Å². The van der Waals surface area contributed by atoms with Crippen molar-refractivity contribution in [2.45, 2.75) is 26.2 Å². The lowest BCUT2D eigenvalue weighted by atomic mass is 10.2. The smallest absolute Gasteiger partial charge is 0.125 e. The van der Waals surface area contributed by atoms with Crippen molar-refractivity contribution < 1.29 is 4.39 Å². The van der Waals surface area contributed by atoms with Gasteiger partial charge in [-0.3, -0.25) is 0 Å². The molecule has 0 bridgehead atoms. The molecule has 1 aromatic heterocycles. The molecule has 0 aliphatic rings. The lowest BCUT2D eigenvalue weighted by Gasteiger charge is -2.01. The summed E-state index contributed by atoms with van der Waals surface area (Å²) in [4.78, 5) is 0. The summed E-state index contributed by atoms with van der Waals surface area (Å²) >= 11 is 0. The molecule has 0 saturated carbocycles. The zero-order valence-electron chi connectivity index (χ0n) is 10.4. The molecular formula is C13H17FN4. The van der Waals surface area contributed by atoms with E-state index in [9.17, 15) is 4.39 Å². The van der Waals surface area contributed by atoms with E-state index >= 15 is 0 Å².